The van der Waals surface area contributed by atoms with Crippen molar-refractivity contribution in [2.75, 3.05) is 32.9 Å². The lowest BCUT2D eigenvalue weighted by molar-refractivity contribution is -0.130. The van der Waals surface area contributed by atoms with Gasteiger partial charge in [-0.1, -0.05) is 54.6 Å². The zero-order valence-electron chi connectivity index (χ0n) is 14.9. The van der Waals surface area contributed by atoms with E-state index in [0.717, 1.165) is 17.5 Å². The molecule has 2 aromatic rings. The minimum Gasteiger partial charge on any atom is -0.396 e. The monoisotopic (exact) mass is 351 g/mol. The number of fused-ring (bicyclic) bond motifs is 1. The van der Waals surface area contributed by atoms with E-state index < -0.39 is 0 Å². The molecule has 26 heavy (non-hydrogen) atoms. The number of aliphatic hydroxyl groups excluding tert-OH is 1. The number of hydrogen-bond donors (Lipinski definition) is 1. The fourth-order valence-corrected chi connectivity index (χ4v) is 4.23. The third-order valence-electron chi connectivity index (χ3n) is 5.96. The Labute approximate surface area is 154 Å². The quantitative estimate of drug-likeness (QED) is 0.921. The van der Waals surface area contributed by atoms with E-state index in [1.165, 1.54) is 5.56 Å². The Morgan fingerprint density at radius 3 is 2.54 bits per heavy atom. The highest BCUT2D eigenvalue weighted by Crippen LogP contribution is 2.41. The molecule has 2 heterocycles. The van der Waals surface area contributed by atoms with Crippen LogP contribution in [0.25, 0.3) is 11.1 Å². The molecule has 2 fully saturated rings. The van der Waals surface area contributed by atoms with Gasteiger partial charge in [-0.3, -0.25) is 4.79 Å². The lowest BCUT2D eigenvalue weighted by Gasteiger charge is -2.36. The summed E-state index contributed by atoms with van der Waals surface area (Å²) in [5, 5.41) is 9.89. The fourth-order valence-electron chi connectivity index (χ4n) is 4.23. The van der Waals surface area contributed by atoms with Gasteiger partial charge in [0.15, 0.2) is 0 Å². The van der Waals surface area contributed by atoms with E-state index in [1.807, 2.05) is 35.2 Å². The number of nitrogens with zero attached hydrogens (tertiary/aromatic N) is 1. The molecule has 2 aliphatic rings. The van der Waals surface area contributed by atoms with Crippen molar-refractivity contribution in [2.24, 2.45) is 11.3 Å². The molecule has 2 aliphatic heterocycles. The van der Waals surface area contributed by atoms with Crippen LogP contribution in [0.5, 0.6) is 0 Å². The van der Waals surface area contributed by atoms with Crippen LogP contribution in [0.4, 0.5) is 0 Å². The molecule has 2 atom stereocenters. The second-order valence-corrected chi connectivity index (χ2v) is 7.56. The maximum Gasteiger partial charge on any atom is 0.227 e. The van der Waals surface area contributed by atoms with Crippen molar-refractivity contribution in [1.82, 2.24) is 4.90 Å². The van der Waals surface area contributed by atoms with Crippen molar-refractivity contribution < 1.29 is 14.6 Å². The summed E-state index contributed by atoms with van der Waals surface area (Å²) >= 11 is 0. The number of ether oxygens (including phenoxy) is 1. The molecular formula is C22H25NO3. The maximum absolute atomic E-state index is 12.8. The molecule has 4 rings (SSSR count). The summed E-state index contributed by atoms with van der Waals surface area (Å²) in [7, 11) is 0. The van der Waals surface area contributed by atoms with Gasteiger partial charge < -0.3 is 14.7 Å². The Kier molecular flexibility index (Phi) is 4.79. The number of aliphatic hydroxyl groups is 1. The lowest BCUT2D eigenvalue weighted by Crippen LogP contribution is -2.41. The second-order valence-electron chi connectivity index (χ2n) is 7.56. The lowest BCUT2D eigenvalue weighted by atomic mass is 9.75. The van der Waals surface area contributed by atoms with Crippen LogP contribution in [0.1, 0.15) is 12.0 Å². The van der Waals surface area contributed by atoms with E-state index >= 15 is 0 Å². The molecule has 0 bridgehead atoms. The zero-order valence-corrected chi connectivity index (χ0v) is 14.9. The van der Waals surface area contributed by atoms with E-state index in [-0.39, 0.29) is 23.8 Å². The molecule has 2 aromatic carbocycles. The topological polar surface area (TPSA) is 49.8 Å². The van der Waals surface area contributed by atoms with Crippen molar-refractivity contribution in [3.05, 3.63) is 60.2 Å². The predicted octanol–water partition coefficient (Wildman–Crippen LogP) is 2.75. The first-order chi connectivity index (χ1) is 12.7. The molecule has 136 valence electrons. The first kappa shape index (κ1) is 17.3. The molecule has 0 aliphatic carbocycles. The highest BCUT2D eigenvalue weighted by Gasteiger charge is 2.49. The van der Waals surface area contributed by atoms with Gasteiger partial charge in [0.05, 0.1) is 19.6 Å². The number of carbonyl (C=O) groups excluding carboxylic acids is 1. The Bertz CT molecular complexity index is 759. The number of hydrogen-bond acceptors (Lipinski definition) is 3. The van der Waals surface area contributed by atoms with Crippen molar-refractivity contribution in [2.45, 2.75) is 12.8 Å². The number of rotatable bonds is 4. The zero-order chi connectivity index (χ0) is 18.0. The third-order valence-corrected chi connectivity index (χ3v) is 5.96. The van der Waals surface area contributed by atoms with Crippen LogP contribution < -0.4 is 0 Å². The SMILES string of the molecule is O=C(Cc1ccc(-c2ccccc2)cc1)N1C[C@@H]2COCC[C@]2(CO)C1. The smallest absolute Gasteiger partial charge is 0.227 e. The summed E-state index contributed by atoms with van der Waals surface area (Å²) in [5.41, 5.74) is 3.20. The summed E-state index contributed by atoms with van der Waals surface area (Å²) in [6, 6.07) is 18.5. The Hall–Kier alpha value is -2.17. The van der Waals surface area contributed by atoms with Crippen LogP contribution in [0.2, 0.25) is 0 Å². The minimum absolute atomic E-state index is 0.135. The molecule has 1 N–H and O–H groups in total. The van der Waals surface area contributed by atoms with Gasteiger partial charge in [-0.05, 0) is 23.1 Å². The van der Waals surface area contributed by atoms with Gasteiger partial charge >= 0.3 is 0 Å². The van der Waals surface area contributed by atoms with Crippen molar-refractivity contribution in [1.29, 1.82) is 0 Å². The van der Waals surface area contributed by atoms with E-state index in [4.69, 9.17) is 4.74 Å². The van der Waals surface area contributed by atoms with Crippen LogP contribution >= 0.6 is 0 Å². The molecule has 0 aromatic heterocycles. The third kappa shape index (κ3) is 3.27. The minimum atomic E-state index is -0.162. The highest BCUT2D eigenvalue weighted by atomic mass is 16.5. The Balaban J connectivity index is 1.42. The van der Waals surface area contributed by atoms with Crippen LogP contribution in [0.15, 0.2) is 54.6 Å². The van der Waals surface area contributed by atoms with Gasteiger partial charge in [-0.15, -0.1) is 0 Å². The predicted molar refractivity (Wildman–Crippen MR) is 101 cm³/mol. The molecule has 0 unspecified atom stereocenters. The molecular weight excluding hydrogens is 326 g/mol. The van der Waals surface area contributed by atoms with Gasteiger partial charge in [0.25, 0.3) is 0 Å². The van der Waals surface area contributed by atoms with Crippen molar-refractivity contribution in [3.8, 4) is 11.1 Å². The average molecular weight is 351 g/mol. The van der Waals surface area contributed by atoms with Gasteiger partial charge in [0.1, 0.15) is 0 Å². The summed E-state index contributed by atoms with van der Waals surface area (Å²) < 4.78 is 5.56. The van der Waals surface area contributed by atoms with Gasteiger partial charge in [0.2, 0.25) is 5.91 Å². The summed E-state index contributed by atoms with van der Waals surface area (Å²) in [6.45, 7) is 2.81. The summed E-state index contributed by atoms with van der Waals surface area (Å²) in [4.78, 5) is 14.7. The Morgan fingerprint density at radius 2 is 1.85 bits per heavy atom. The highest BCUT2D eigenvalue weighted by molar-refractivity contribution is 5.79. The summed E-state index contributed by atoms with van der Waals surface area (Å²) in [6.07, 6.45) is 1.24. The van der Waals surface area contributed by atoms with Gasteiger partial charge in [-0.25, -0.2) is 0 Å². The molecule has 0 radical (unpaired) electrons. The van der Waals surface area contributed by atoms with Crippen molar-refractivity contribution in [3.63, 3.8) is 0 Å². The second kappa shape index (κ2) is 7.22. The van der Waals surface area contributed by atoms with E-state index in [9.17, 15) is 9.90 Å². The summed E-state index contributed by atoms with van der Waals surface area (Å²) in [5.74, 6) is 0.394. The van der Waals surface area contributed by atoms with E-state index in [2.05, 4.69) is 24.3 Å². The normalized spacial score (nSPS) is 25.1. The Morgan fingerprint density at radius 1 is 1.12 bits per heavy atom. The molecule has 0 saturated carbocycles. The van der Waals surface area contributed by atoms with Crippen LogP contribution in [0, 0.1) is 11.3 Å². The fraction of sp³-hybridized carbons (Fsp3) is 0.409. The number of benzene rings is 2. The van der Waals surface area contributed by atoms with Crippen LogP contribution in [-0.2, 0) is 16.0 Å². The van der Waals surface area contributed by atoms with E-state index in [1.54, 1.807) is 0 Å². The largest absolute Gasteiger partial charge is 0.396 e. The average Bonchev–Trinajstić information content (AvgIpc) is 3.10. The standard InChI is InChI=1S/C22H25NO3/c24-16-22-10-11-26-14-20(22)13-23(15-22)21(25)12-17-6-8-19(9-7-17)18-4-2-1-3-5-18/h1-9,20,24H,10-16H2/t20-,22-/m1/s1. The van der Waals surface area contributed by atoms with Gasteiger partial charge in [0, 0.05) is 31.0 Å². The maximum atomic E-state index is 12.8. The number of amides is 1. The molecule has 0 spiro atoms. The molecule has 2 saturated heterocycles. The first-order valence-electron chi connectivity index (χ1n) is 9.31. The molecule has 1 amide bonds. The van der Waals surface area contributed by atoms with Crippen molar-refractivity contribution >= 4 is 5.91 Å². The molecule has 4 nitrogen and oxygen atoms in total. The number of carbonyl (C=O) groups is 1. The van der Waals surface area contributed by atoms with E-state index in [0.29, 0.717) is 32.7 Å². The first-order valence-corrected chi connectivity index (χ1v) is 9.31. The van der Waals surface area contributed by atoms with Gasteiger partial charge in [-0.2, -0.15) is 0 Å². The molecule has 4 heteroatoms. The van der Waals surface area contributed by atoms with Crippen LogP contribution in [0.3, 0.4) is 0 Å². The van der Waals surface area contributed by atoms with Crippen LogP contribution in [-0.4, -0.2) is 48.8 Å². The number of likely N-dealkylation sites (tertiary alicyclic amines) is 1.